The van der Waals surface area contributed by atoms with Gasteiger partial charge in [-0.15, -0.1) is 0 Å². The van der Waals surface area contributed by atoms with Crippen LogP contribution in [0.15, 0.2) is 41.8 Å². The molecule has 1 aromatic carbocycles. The van der Waals surface area contributed by atoms with Crippen LogP contribution >= 0.6 is 0 Å². The van der Waals surface area contributed by atoms with Crippen LogP contribution in [0.2, 0.25) is 0 Å². The standard InChI is InChI=1S/C29H41N9O2/c1-18-12-20(19(2)34-21-8-5-6-9-21)13-25(40-4)26(18)36-28-24(27(31)39)16-33-29(37-28)35-23(14-30)15-32-22-10-7-11-38(3)17-22/h12-16,21-22,34H,2,5-11,17,30H2,1,3-4H3,(H2,31,39)(H2,33,35,36,37). The number of likely N-dealkylation sites (N-methyl/N-ethyl adjacent to an activating group) is 1. The number of ether oxygens (including phenoxy) is 1. The molecule has 0 radical (unpaired) electrons. The Morgan fingerprint density at radius 1 is 1.25 bits per heavy atom. The van der Waals surface area contributed by atoms with Crippen LogP contribution < -0.4 is 32.2 Å². The number of nitrogens with one attached hydrogen (secondary N) is 3. The van der Waals surface area contributed by atoms with E-state index >= 15 is 0 Å². The zero-order valence-corrected chi connectivity index (χ0v) is 23.7. The van der Waals surface area contributed by atoms with Crippen LogP contribution in [0.1, 0.15) is 60.0 Å². The number of benzene rings is 1. The molecule has 1 saturated heterocycles. The SMILES string of the molecule is C=C(NC1CCCC1)c1cc(C)c(Nc2nc(NC(C=NC3CCCN(C)C3)=CN)ncc2C(N)=O)c(OC)c1. The van der Waals surface area contributed by atoms with Gasteiger partial charge in [0.2, 0.25) is 5.95 Å². The number of aromatic nitrogens is 2. The maximum absolute atomic E-state index is 12.2. The van der Waals surface area contributed by atoms with E-state index < -0.39 is 5.91 Å². The Morgan fingerprint density at radius 2 is 2.02 bits per heavy atom. The number of allylic oxidation sites excluding steroid dienone is 1. The summed E-state index contributed by atoms with van der Waals surface area (Å²) in [5.74, 6) is 0.400. The molecule has 1 saturated carbocycles. The molecule has 2 heterocycles. The Morgan fingerprint density at radius 3 is 2.70 bits per heavy atom. The predicted octanol–water partition coefficient (Wildman–Crippen LogP) is 3.52. The van der Waals surface area contributed by atoms with Crippen LogP contribution in [0.5, 0.6) is 5.75 Å². The van der Waals surface area contributed by atoms with Gasteiger partial charge in [-0.05, 0) is 63.9 Å². The molecule has 2 aliphatic rings. The number of hydrogen-bond acceptors (Lipinski definition) is 10. The fourth-order valence-corrected chi connectivity index (χ4v) is 5.18. The highest BCUT2D eigenvalue weighted by Crippen LogP contribution is 2.35. The molecule has 11 heteroatoms. The number of carbonyl (C=O) groups excluding carboxylic acids is 1. The lowest BCUT2D eigenvalue weighted by Crippen LogP contribution is -2.34. The Bertz CT molecular complexity index is 1280. The number of aliphatic imine (C=N–C) groups is 1. The number of carbonyl (C=O) groups is 1. The van der Waals surface area contributed by atoms with Crippen molar-refractivity contribution in [2.24, 2.45) is 16.5 Å². The Hall–Kier alpha value is -4.12. The second-order valence-electron chi connectivity index (χ2n) is 10.5. The summed E-state index contributed by atoms with van der Waals surface area (Å²) in [7, 11) is 3.69. The van der Waals surface area contributed by atoms with Gasteiger partial charge in [0.05, 0.1) is 24.5 Å². The molecule has 4 rings (SSSR count). The summed E-state index contributed by atoms with van der Waals surface area (Å²) in [5, 5.41) is 9.87. The summed E-state index contributed by atoms with van der Waals surface area (Å²) in [6, 6.07) is 4.59. The van der Waals surface area contributed by atoms with E-state index in [1.165, 1.54) is 25.2 Å². The first-order valence-electron chi connectivity index (χ1n) is 13.8. The second kappa shape index (κ2) is 13.3. The Balaban J connectivity index is 1.55. The molecule has 11 nitrogen and oxygen atoms in total. The molecule has 1 aliphatic heterocycles. The van der Waals surface area contributed by atoms with Crippen LogP contribution in [0.25, 0.3) is 5.70 Å². The van der Waals surface area contributed by atoms with Crippen LogP contribution in [0.3, 0.4) is 0 Å². The van der Waals surface area contributed by atoms with Gasteiger partial charge in [-0.1, -0.05) is 19.4 Å². The van der Waals surface area contributed by atoms with E-state index in [9.17, 15) is 4.79 Å². The van der Waals surface area contributed by atoms with E-state index in [1.54, 1.807) is 13.3 Å². The normalized spacial score (nSPS) is 18.6. The molecule has 2 fully saturated rings. The van der Waals surface area contributed by atoms with E-state index in [0.717, 1.165) is 55.6 Å². The minimum absolute atomic E-state index is 0.139. The molecule has 40 heavy (non-hydrogen) atoms. The molecular weight excluding hydrogens is 506 g/mol. The molecule has 0 bridgehead atoms. The van der Waals surface area contributed by atoms with Gasteiger partial charge in [-0.25, -0.2) is 4.98 Å². The zero-order valence-electron chi connectivity index (χ0n) is 23.7. The van der Waals surface area contributed by atoms with E-state index in [4.69, 9.17) is 16.2 Å². The van der Waals surface area contributed by atoms with Gasteiger partial charge in [0.1, 0.15) is 17.1 Å². The van der Waals surface area contributed by atoms with Gasteiger partial charge in [-0.3, -0.25) is 9.79 Å². The molecule has 1 aliphatic carbocycles. The summed E-state index contributed by atoms with van der Waals surface area (Å²) >= 11 is 0. The lowest BCUT2D eigenvalue weighted by molar-refractivity contribution is 0.100. The summed E-state index contributed by atoms with van der Waals surface area (Å²) in [4.78, 5) is 28.0. The quantitative estimate of drug-likeness (QED) is 0.266. The van der Waals surface area contributed by atoms with Crippen molar-refractivity contribution in [3.8, 4) is 5.75 Å². The Labute approximate surface area is 236 Å². The van der Waals surface area contributed by atoms with Gasteiger partial charge in [0.15, 0.2) is 0 Å². The smallest absolute Gasteiger partial charge is 0.254 e. The van der Waals surface area contributed by atoms with Crippen molar-refractivity contribution in [1.82, 2.24) is 20.2 Å². The summed E-state index contributed by atoms with van der Waals surface area (Å²) in [6.07, 6.45) is 11.4. The molecular formula is C29H41N9O2. The number of rotatable bonds is 11. The molecule has 214 valence electrons. The number of methoxy groups -OCH3 is 1. The van der Waals surface area contributed by atoms with E-state index in [-0.39, 0.29) is 23.4 Å². The van der Waals surface area contributed by atoms with Crippen molar-refractivity contribution in [3.05, 3.63) is 53.5 Å². The number of piperidine rings is 1. The summed E-state index contributed by atoms with van der Waals surface area (Å²) in [5.41, 5.74) is 15.5. The summed E-state index contributed by atoms with van der Waals surface area (Å²) in [6.45, 7) is 8.18. The van der Waals surface area contributed by atoms with Gasteiger partial charge < -0.3 is 37.1 Å². The molecule has 0 spiro atoms. The zero-order chi connectivity index (χ0) is 28.6. The molecule has 7 N–H and O–H groups in total. The Kier molecular flexibility index (Phi) is 9.60. The number of hydrogen-bond donors (Lipinski definition) is 5. The fourth-order valence-electron chi connectivity index (χ4n) is 5.18. The van der Waals surface area contributed by atoms with Crippen molar-refractivity contribution in [3.63, 3.8) is 0 Å². The number of nitrogens with two attached hydrogens (primary N) is 2. The minimum Gasteiger partial charge on any atom is -0.495 e. The average molecular weight is 548 g/mol. The largest absolute Gasteiger partial charge is 0.495 e. The van der Waals surface area contributed by atoms with Crippen LogP contribution in [-0.4, -0.2) is 66.3 Å². The molecule has 1 amide bonds. The second-order valence-corrected chi connectivity index (χ2v) is 10.5. The van der Waals surface area contributed by atoms with Gasteiger partial charge in [-0.2, -0.15) is 4.98 Å². The molecule has 1 aromatic heterocycles. The number of aryl methyl sites for hydroxylation is 1. The lowest BCUT2D eigenvalue weighted by Gasteiger charge is -2.27. The van der Waals surface area contributed by atoms with Gasteiger partial charge >= 0.3 is 0 Å². The first-order valence-corrected chi connectivity index (χ1v) is 13.8. The maximum Gasteiger partial charge on any atom is 0.254 e. The van der Waals surface area contributed by atoms with E-state index in [0.29, 0.717) is 23.2 Å². The van der Waals surface area contributed by atoms with Gasteiger partial charge in [0, 0.05) is 42.5 Å². The summed E-state index contributed by atoms with van der Waals surface area (Å²) < 4.78 is 5.72. The first kappa shape index (κ1) is 28.9. The van der Waals surface area contributed by atoms with Crippen LogP contribution in [0.4, 0.5) is 17.5 Å². The number of nitrogens with zero attached hydrogens (tertiary/aromatic N) is 4. The van der Waals surface area contributed by atoms with E-state index in [2.05, 4.69) is 49.4 Å². The number of anilines is 3. The van der Waals surface area contributed by atoms with Gasteiger partial charge in [0.25, 0.3) is 5.91 Å². The highest BCUT2D eigenvalue weighted by atomic mass is 16.5. The molecule has 1 atom stereocenters. The van der Waals surface area contributed by atoms with Crippen molar-refractivity contribution < 1.29 is 9.53 Å². The topological polar surface area (TPSA) is 156 Å². The highest BCUT2D eigenvalue weighted by Gasteiger charge is 2.20. The molecule has 1 unspecified atom stereocenters. The highest BCUT2D eigenvalue weighted by molar-refractivity contribution is 5.98. The lowest BCUT2D eigenvalue weighted by atomic mass is 10.0. The maximum atomic E-state index is 12.2. The van der Waals surface area contributed by atoms with E-state index in [1.807, 2.05) is 19.1 Å². The van der Waals surface area contributed by atoms with Crippen molar-refractivity contribution in [2.45, 2.75) is 57.5 Å². The van der Waals surface area contributed by atoms with Crippen LogP contribution in [-0.2, 0) is 0 Å². The third-order valence-corrected chi connectivity index (χ3v) is 7.36. The van der Waals surface area contributed by atoms with Crippen molar-refractivity contribution >= 4 is 35.3 Å². The fraction of sp³-hybridized carbons (Fsp3) is 0.448. The molecule has 2 aromatic rings. The third kappa shape index (κ3) is 7.29. The first-order chi connectivity index (χ1) is 19.3. The van der Waals surface area contributed by atoms with Crippen LogP contribution in [0, 0.1) is 6.92 Å². The van der Waals surface area contributed by atoms with Crippen molar-refractivity contribution in [2.75, 3.05) is 37.9 Å². The predicted molar refractivity (Wildman–Crippen MR) is 161 cm³/mol. The third-order valence-electron chi connectivity index (χ3n) is 7.36. The number of primary amides is 1. The monoisotopic (exact) mass is 547 g/mol. The van der Waals surface area contributed by atoms with Crippen molar-refractivity contribution in [1.29, 1.82) is 0 Å². The number of likely N-dealkylation sites (tertiary alicyclic amines) is 1. The average Bonchev–Trinajstić information content (AvgIpc) is 3.45. The number of amides is 1. The minimum atomic E-state index is -0.658.